The fourth-order valence-electron chi connectivity index (χ4n) is 2.47. The maximum absolute atomic E-state index is 5.33. The van der Waals surface area contributed by atoms with Crippen LogP contribution < -0.4 is 5.32 Å². The van der Waals surface area contributed by atoms with Crippen LogP contribution in [-0.2, 0) is 18.3 Å². The number of guanidine groups is 1. The predicted octanol–water partition coefficient (Wildman–Crippen LogP) is 2.17. The molecule has 1 N–H and O–H groups in total. The molecule has 23 heavy (non-hydrogen) atoms. The van der Waals surface area contributed by atoms with Crippen LogP contribution in [0.3, 0.4) is 0 Å². The van der Waals surface area contributed by atoms with E-state index in [9.17, 15) is 0 Å². The third-order valence-corrected chi connectivity index (χ3v) is 3.63. The maximum atomic E-state index is 5.33. The van der Waals surface area contributed by atoms with Gasteiger partial charge >= 0.3 is 0 Å². The van der Waals surface area contributed by atoms with Gasteiger partial charge in [0.2, 0.25) is 0 Å². The summed E-state index contributed by atoms with van der Waals surface area (Å²) in [5.41, 5.74) is 2.64. The summed E-state index contributed by atoms with van der Waals surface area (Å²) in [6.07, 6.45) is 8.17. The predicted molar refractivity (Wildman–Crippen MR) is 104 cm³/mol. The summed E-state index contributed by atoms with van der Waals surface area (Å²) in [4.78, 5) is 6.87. The second kappa shape index (κ2) is 10.6. The van der Waals surface area contributed by atoms with Crippen LogP contribution in [-0.4, -0.2) is 54.0 Å². The highest BCUT2D eigenvalue weighted by atomic mass is 127. The van der Waals surface area contributed by atoms with Crippen molar-refractivity contribution in [1.29, 1.82) is 0 Å². The van der Waals surface area contributed by atoms with Gasteiger partial charge in [0, 0.05) is 45.5 Å². The van der Waals surface area contributed by atoms with Crippen molar-refractivity contribution in [1.82, 2.24) is 20.0 Å². The average molecular weight is 433 g/mol. The summed E-state index contributed by atoms with van der Waals surface area (Å²) in [7, 11) is 3.99. The standard InChI is InChI=1S/C16H27N5O.HI/c1-4-17-16(18-8-5-14-6-9-22-10-7-14)20(2)12-15-11-19-21(3)13-15;/h6,11,13H,4-5,7-10,12H2,1-3H3,(H,17,18);1H. The number of ether oxygens (including phenoxy) is 1. The zero-order valence-electron chi connectivity index (χ0n) is 14.3. The Morgan fingerprint density at radius 2 is 2.35 bits per heavy atom. The van der Waals surface area contributed by atoms with Gasteiger partial charge in [-0.15, -0.1) is 24.0 Å². The second-order valence-electron chi connectivity index (χ2n) is 5.55. The molecule has 1 aromatic heterocycles. The number of halogens is 1. The van der Waals surface area contributed by atoms with Crippen LogP contribution in [0.1, 0.15) is 25.3 Å². The topological polar surface area (TPSA) is 54.7 Å². The molecule has 0 atom stereocenters. The zero-order valence-corrected chi connectivity index (χ0v) is 16.6. The van der Waals surface area contributed by atoms with Crippen LogP contribution in [0.5, 0.6) is 0 Å². The summed E-state index contributed by atoms with van der Waals surface area (Å²) < 4.78 is 7.16. The highest BCUT2D eigenvalue weighted by Crippen LogP contribution is 2.11. The minimum Gasteiger partial charge on any atom is -0.377 e. The van der Waals surface area contributed by atoms with Gasteiger partial charge in [-0.1, -0.05) is 11.6 Å². The number of hydrogen-bond acceptors (Lipinski definition) is 3. The molecule has 1 aliphatic rings. The van der Waals surface area contributed by atoms with E-state index in [0.717, 1.165) is 51.6 Å². The molecule has 0 saturated carbocycles. The van der Waals surface area contributed by atoms with E-state index < -0.39 is 0 Å². The third kappa shape index (κ3) is 6.90. The number of rotatable bonds is 6. The van der Waals surface area contributed by atoms with E-state index >= 15 is 0 Å². The van der Waals surface area contributed by atoms with E-state index in [2.05, 4.69) is 35.4 Å². The van der Waals surface area contributed by atoms with Crippen LogP contribution >= 0.6 is 24.0 Å². The van der Waals surface area contributed by atoms with Crippen molar-refractivity contribution in [2.24, 2.45) is 12.0 Å². The Bertz CT molecular complexity index is 526. The lowest BCUT2D eigenvalue weighted by Gasteiger charge is -2.21. The van der Waals surface area contributed by atoms with E-state index in [-0.39, 0.29) is 24.0 Å². The van der Waals surface area contributed by atoms with Crippen molar-refractivity contribution in [3.05, 3.63) is 29.6 Å². The molecule has 0 aliphatic carbocycles. The Balaban J connectivity index is 0.00000264. The fourth-order valence-corrected chi connectivity index (χ4v) is 2.47. The number of aryl methyl sites for hydroxylation is 1. The number of nitrogens with one attached hydrogen (secondary N) is 1. The molecule has 2 rings (SSSR count). The third-order valence-electron chi connectivity index (χ3n) is 3.63. The first kappa shape index (κ1) is 20.0. The van der Waals surface area contributed by atoms with Crippen LogP contribution in [0.15, 0.2) is 29.0 Å². The van der Waals surface area contributed by atoms with Crippen molar-refractivity contribution in [3.63, 3.8) is 0 Å². The van der Waals surface area contributed by atoms with Crippen molar-refractivity contribution in [2.75, 3.05) is 33.4 Å². The molecule has 0 radical (unpaired) electrons. The normalized spacial score (nSPS) is 14.9. The lowest BCUT2D eigenvalue weighted by molar-refractivity contribution is 0.153. The SMILES string of the molecule is CCNC(=NCCC1=CCOCC1)N(C)Cc1cnn(C)c1.I. The van der Waals surface area contributed by atoms with E-state index in [0.29, 0.717) is 0 Å². The maximum Gasteiger partial charge on any atom is 0.193 e. The molecule has 0 amide bonds. The molecular formula is C16H28IN5O. The molecule has 7 heteroatoms. The smallest absolute Gasteiger partial charge is 0.193 e. The van der Waals surface area contributed by atoms with E-state index in [1.54, 1.807) is 0 Å². The van der Waals surface area contributed by atoms with Gasteiger partial charge in [-0.3, -0.25) is 9.67 Å². The summed E-state index contributed by atoms with van der Waals surface area (Å²) in [6, 6.07) is 0. The number of hydrogen-bond donors (Lipinski definition) is 1. The Labute approximate surface area is 156 Å². The summed E-state index contributed by atoms with van der Waals surface area (Å²) >= 11 is 0. The first-order valence-corrected chi connectivity index (χ1v) is 7.91. The molecular weight excluding hydrogens is 405 g/mol. The van der Waals surface area contributed by atoms with E-state index in [1.165, 1.54) is 11.1 Å². The van der Waals surface area contributed by atoms with Gasteiger partial charge in [-0.2, -0.15) is 5.10 Å². The number of nitrogens with zero attached hydrogens (tertiary/aromatic N) is 4. The molecule has 2 heterocycles. The number of aliphatic imine (C=N–C) groups is 1. The summed E-state index contributed by atoms with van der Waals surface area (Å²) in [6.45, 7) is 6.17. The largest absolute Gasteiger partial charge is 0.377 e. The highest BCUT2D eigenvalue weighted by Gasteiger charge is 2.08. The van der Waals surface area contributed by atoms with Crippen LogP contribution in [0.25, 0.3) is 0 Å². The first-order chi connectivity index (χ1) is 10.7. The lowest BCUT2D eigenvalue weighted by atomic mass is 10.1. The molecule has 130 valence electrons. The summed E-state index contributed by atoms with van der Waals surface area (Å²) in [5, 5.41) is 7.56. The Morgan fingerprint density at radius 3 is 2.96 bits per heavy atom. The van der Waals surface area contributed by atoms with Gasteiger partial charge in [-0.25, -0.2) is 0 Å². The van der Waals surface area contributed by atoms with Crippen LogP contribution in [0.4, 0.5) is 0 Å². The number of aromatic nitrogens is 2. The summed E-state index contributed by atoms with van der Waals surface area (Å²) in [5.74, 6) is 0.944. The molecule has 0 saturated heterocycles. The minimum atomic E-state index is 0. The zero-order chi connectivity index (χ0) is 15.8. The quantitative estimate of drug-likeness (QED) is 0.324. The second-order valence-corrected chi connectivity index (χ2v) is 5.55. The van der Waals surface area contributed by atoms with Crippen molar-refractivity contribution < 1.29 is 4.74 Å². The van der Waals surface area contributed by atoms with Gasteiger partial charge < -0.3 is 15.0 Å². The highest BCUT2D eigenvalue weighted by molar-refractivity contribution is 14.0. The molecule has 6 nitrogen and oxygen atoms in total. The van der Waals surface area contributed by atoms with Crippen LogP contribution in [0.2, 0.25) is 0 Å². The van der Waals surface area contributed by atoms with Gasteiger partial charge in [0.1, 0.15) is 0 Å². The molecule has 1 aromatic rings. The van der Waals surface area contributed by atoms with Crippen molar-refractivity contribution >= 4 is 29.9 Å². The van der Waals surface area contributed by atoms with Crippen molar-refractivity contribution in [3.8, 4) is 0 Å². The van der Waals surface area contributed by atoms with Gasteiger partial charge in [0.25, 0.3) is 0 Å². The van der Waals surface area contributed by atoms with Gasteiger partial charge in [0.05, 0.1) is 19.4 Å². The Hall–Kier alpha value is -1.09. The van der Waals surface area contributed by atoms with Crippen LogP contribution in [0, 0.1) is 0 Å². The Morgan fingerprint density at radius 1 is 1.52 bits per heavy atom. The van der Waals surface area contributed by atoms with Gasteiger partial charge in [0.15, 0.2) is 5.96 Å². The van der Waals surface area contributed by atoms with E-state index in [4.69, 9.17) is 9.73 Å². The molecule has 1 aliphatic heterocycles. The molecule has 0 unspecified atom stereocenters. The van der Waals surface area contributed by atoms with Crippen molar-refractivity contribution in [2.45, 2.75) is 26.3 Å². The molecule has 0 aromatic carbocycles. The minimum absolute atomic E-state index is 0. The lowest BCUT2D eigenvalue weighted by Crippen LogP contribution is -2.38. The molecule has 0 spiro atoms. The monoisotopic (exact) mass is 433 g/mol. The van der Waals surface area contributed by atoms with E-state index in [1.807, 2.05) is 24.1 Å². The Kier molecular flexibility index (Phi) is 9.23. The molecule has 0 bridgehead atoms. The fraction of sp³-hybridized carbons (Fsp3) is 0.625. The van der Waals surface area contributed by atoms with Gasteiger partial charge in [-0.05, 0) is 19.8 Å². The first-order valence-electron chi connectivity index (χ1n) is 7.91. The molecule has 0 fully saturated rings. The average Bonchev–Trinajstić information content (AvgIpc) is 2.92.